The summed E-state index contributed by atoms with van der Waals surface area (Å²) in [6, 6.07) is 7.22. The summed E-state index contributed by atoms with van der Waals surface area (Å²) < 4.78 is 1.62. The fourth-order valence-electron chi connectivity index (χ4n) is 3.03. The van der Waals surface area contributed by atoms with Gasteiger partial charge in [0, 0.05) is 25.1 Å². The lowest BCUT2D eigenvalue weighted by atomic mass is 10.1. The Morgan fingerprint density at radius 2 is 2.04 bits per heavy atom. The average molecular weight is 313 g/mol. The fraction of sp³-hybridized carbons (Fsp3) is 0.353. The normalized spacial score (nSPS) is 18.3. The van der Waals surface area contributed by atoms with E-state index in [4.69, 9.17) is 0 Å². The van der Waals surface area contributed by atoms with Crippen molar-refractivity contribution >= 4 is 28.6 Å². The van der Waals surface area contributed by atoms with Gasteiger partial charge in [0.25, 0.3) is 0 Å². The highest BCUT2D eigenvalue weighted by atomic mass is 16.2. The SMILES string of the molecule is CC(=O)n1cc(CCN2CC(=O)N[C@@H](C)C2=O)c2ccccc21. The molecule has 0 saturated carbocycles. The zero-order valence-corrected chi connectivity index (χ0v) is 13.2. The molecule has 2 aromatic rings. The molecule has 3 rings (SSSR count). The van der Waals surface area contributed by atoms with Gasteiger partial charge in [-0.3, -0.25) is 19.0 Å². The first-order chi connectivity index (χ1) is 11.0. The topological polar surface area (TPSA) is 71.4 Å². The second-order valence-corrected chi connectivity index (χ2v) is 5.86. The van der Waals surface area contributed by atoms with Crippen molar-refractivity contribution in [3.05, 3.63) is 36.0 Å². The van der Waals surface area contributed by atoms with Crippen molar-refractivity contribution in [1.29, 1.82) is 0 Å². The lowest BCUT2D eigenvalue weighted by Gasteiger charge is -2.30. The molecule has 0 bridgehead atoms. The summed E-state index contributed by atoms with van der Waals surface area (Å²) >= 11 is 0. The van der Waals surface area contributed by atoms with Gasteiger partial charge in [0.15, 0.2) is 0 Å². The van der Waals surface area contributed by atoms with Gasteiger partial charge in [-0.15, -0.1) is 0 Å². The molecule has 0 radical (unpaired) electrons. The molecule has 1 fully saturated rings. The number of carbonyl (C=O) groups excluding carboxylic acids is 3. The summed E-state index contributed by atoms with van der Waals surface area (Å²) in [6.07, 6.45) is 2.43. The van der Waals surface area contributed by atoms with Gasteiger partial charge < -0.3 is 10.2 Å². The van der Waals surface area contributed by atoms with Crippen LogP contribution in [0.2, 0.25) is 0 Å². The first kappa shape index (κ1) is 15.3. The van der Waals surface area contributed by atoms with Crippen LogP contribution in [-0.2, 0) is 16.0 Å². The zero-order valence-electron chi connectivity index (χ0n) is 13.2. The van der Waals surface area contributed by atoms with E-state index < -0.39 is 6.04 Å². The lowest BCUT2D eigenvalue weighted by molar-refractivity contribution is -0.143. The monoisotopic (exact) mass is 313 g/mol. The third kappa shape index (κ3) is 2.84. The predicted molar refractivity (Wildman–Crippen MR) is 86.1 cm³/mol. The Bertz CT molecular complexity index is 793. The maximum Gasteiger partial charge on any atom is 0.245 e. The second-order valence-electron chi connectivity index (χ2n) is 5.86. The molecule has 6 heteroatoms. The molecule has 6 nitrogen and oxygen atoms in total. The molecule has 2 amide bonds. The van der Waals surface area contributed by atoms with Crippen LogP contribution in [0.4, 0.5) is 0 Å². The molecule has 1 atom stereocenters. The highest BCUT2D eigenvalue weighted by Gasteiger charge is 2.29. The standard InChI is InChI=1S/C17H19N3O3/c1-11-17(23)19(10-16(22)18-11)8-7-13-9-20(12(2)21)15-6-4-3-5-14(13)15/h3-6,9,11H,7-8,10H2,1-2H3,(H,18,22)/t11-/m0/s1. The Hall–Kier alpha value is -2.63. The van der Waals surface area contributed by atoms with E-state index in [1.807, 2.05) is 30.5 Å². The number of amides is 2. The van der Waals surface area contributed by atoms with Gasteiger partial charge in [-0.25, -0.2) is 0 Å². The number of aromatic nitrogens is 1. The van der Waals surface area contributed by atoms with Crippen molar-refractivity contribution in [3.63, 3.8) is 0 Å². The molecule has 1 aliphatic rings. The quantitative estimate of drug-likeness (QED) is 0.925. The number of carbonyl (C=O) groups is 3. The third-order valence-corrected chi connectivity index (χ3v) is 4.18. The van der Waals surface area contributed by atoms with Crippen molar-refractivity contribution in [3.8, 4) is 0 Å². The van der Waals surface area contributed by atoms with Gasteiger partial charge >= 0.3 is 0 Å². The lowest BCUT2D eigenvalue weighted by Crippen LogP contribution is -2.57. The Morgan fingerprint density at radius 3 is 2.78 bits per heavy atom. The van der Waals surface area contributed by atoms with E-state index in [-0.39, 0.29) is 24.3 Å². The van der Waals surface area contributed by atoms with E-state index in [1.54, 1.807) is 16.4 Å². The number of nitrogens with zero attached hydrogens (tertiary/aromatic N) is 2. The van der Waals surface area contributed by atoms with E-state index in [2.05, 4.69) is 5.32 Å². The van der Waals surface area contributed by atoms with Crippen LogP contribution in [-0.4, -0.2) is 46.3 Å². The van der Waals surface area contributed by atoms with Crippen molar-refractivity contribution in [2.45, 2.75) is 26.3 Å². The van der Waals surface area contributed by atoms with Crippen LogP contribution >= 0.6 is 0 Å². The number of rotatable bonds is 3. The van der Waals surface area contributed by atoms with Crippen molar-refractivity contribution in [2.75, 3.05) is 13.1 Å². The summed E-state index contributed by atoms with van der Waals surface area (Å²) in [5, 5.41) is 3.63. The maximum atomic E-state index is 12.1. The van der Waals surface area contributed by atoms with Gasteiger partial charge in [0.2, 0.25) is 17.7 Å². The van der Waals surface area contributed by atoms with Gasteiger partial charge in [0.1, 0.15) is 6.04 Å². The number of hydrogen-bond donors (Lipinski definition) is 1. The van der Waals surface area contributed by atoms with Crippen LogP contribution in [0.1, 0.15) is 24.2 Å². The van der Waals surface area contributed by atoms with Crippen molar-refractivity contribution < 1.29 is 14.4 Å². The minimum absolute atomic E-state index is 0.0468. The molecular formula is C17H19N3O3. The van der Waals surface area contributed by atoms with Crippen LogP contribution in [0.25, 0.3) is 10.9 Å². The Morgan fingerprint density at radius 1 is 1.30 bits per heavy atom. The molecule has 0 spiro atoms. The summed E-state index contributed by atoms with van der Waals surface area (Å²) in [6.45, 7) is 3.77. The Kier molecular flexibility index (Phi) is 3.90. The molecule has 2 heterocycles. The molecule has 1 aliphatic heterocycles. The number of nitrogens with one attached hydrogen (secondary N) is 1. The zero-order chi connectivity index (χ0) is 16.6. The van der Waals surface area contributed by atoms with Crippen LogP contribution in [0.5, 0.6) is 0 Å². The van der Waals surface area contributed by atoms with Gasteiger partial charge in [-0.05, 0) is 25.0 Å². The van der Waals surface area contributed by atoms with Crippen LogP contribution in [0.15, 0.2) is 30.5 Å². The summed E-state index contributed by atoms with van der Waals surface area (Å²) in [5.41, 5.74) is 1.87. The number of fused-ring (bicyclic) bond motifs is 1. The number of hydrogen-bond acceptors (Lipinski definition) is 3. The minimum Gasteiger partial charge on any atom is -0.343 e. The second kappa shape index (κ2) is 5.87. The van der Waals surface area contributed by atoms with Gasteiger partial charge in [-0.1, -0.05) is 18.2 Å². The number of piperazine rings is 1. The predicted octanol–water partition coefficient (Wildman–Crippen LogP) is 1.19. The van der Waals surface area contributed by atoms with E-state index in [0.717, 1.165) is 16.5 Å². The fourth-order valence-corrected chi connectivity index (χ4v) is 3.03. The molecular weight excluding hydrogens is 294 g/mol. The van der Waals surface area contributed by atoms with Crippen LogP contribution < -0.4 is 5.32 Å². The Balaban J connectivity index is 1.83. The van der Waals surface area contributed by atoms with Crippen LogP contribution in [0, 0.1) is 0 Å². The molecule has 0 unspecified atom stereocenters. The van der Waals surface area contributed by atoms with Gasteiger partial charge in [-0.2, -0.15) is 0 Å². The molecule has 1 aromatic heterocycles. The average Bonchev–Trinajstić information content (AvgIpc) is 2.88. The molecule has 120 valence electrons. The number of para-hydroxylation sites is 1. The summed E-state index contributed by atoms with van der Waals surface area (Å²) in [7, 11) is 0. The number of benzene rings is 1. The minimum atomic E-state index is -0.477. The Labute approximate surface area is 134 Å². The smallest absolute Gasteiger partial charge is 0.245 e. The van der Waals surface area contributed by atoms with Gasteiger partial charge in [0.05, 0.1) is 12.1 Å². The van der Waals surface area contributed by atoms with Crippen molar-refractivity contribution in [2.24, 2.45) is 0 Å². The van der Waals surface area contributed by atoms with E-state index in [9.17, 15) is 14.4 Å². The summed E-state index contributed by atoms with van der Waals surface area (Å²) in [5.74, 6) is -0.252. The third-order valence-electron chi connectivity index (χ3n) is 4.18. The highest BCUT2D eigenvalue weighted by molar-refractivity contribution is 5.95. The maximum absolute atomic E-state index is 12.1. The van der Waals surface area contributed by atoms with E-state index >= 15 is 0 Å². The van der Waals surface area contributed by atoms with Crippen LogP contribution in [0.3, 0.4) is 0 Å². The molecule has 1 N–H and O–H groups in total. The largest absolute Gasteiger partial charge is 0.343 e. The first-order valence-electron chi connectivity index (χ1n) is 7.65. The van der Waals surface area contributed by atoms with E-state index in [1.165, 1.54) is 6.92 Å². The molecule has 1 saturated heterocycles. The first-order valence-corrected chi connectivity index (χ1v) is 7.65. The molecule has 1 aromatic carbocycles. The molecule has 23 heavy (non-hydrogen) atoms. The summed E-state index contributed by atoms with van der Waals surface area (Å²) in [4.78, 5) is 37.0. The van der Waals surface area contributed by atoms with Crippen molar-refractivity contribution in [1.82, 2.24) is 14.8 Å². The van der Waals surface area contributed by atoms with E-state index in [0.29, 0.717) is 13.0 Å². The molecule has 0 aliphatic carbocycles. The highest BCUT2D eigenvalue weighted by Crippen LogP contribution is 2.22.